The lowest BCUT2D eigenvalue weighted by Crippen LogP contribution is -2.35. The van der Waals surface area contributed by atoms with Crippen LogP contribution in [-0.2, 0) is 11.3 Å². The third-order valence-corrected chi connectivity index (χ3v) is 11.6. The number of aliphatic imine (C=N–C) groups is 2. The molecule has 13 heteroatoms. The lowest BCUT2D eigenvalue weighted by atomic mass is 10.0. The molecular weight excluding hydrogens is 799 g/mol. The first kappa shape index (κ1) is 42.9. The van der Waals surface area contributed by atoms with E-state index in [4.69, 9.17) is 33.7 Å². The van der Waals surface area contributed by atoms with Gasteiger partial charge >= 0.3 is 5.97 Å². The molecule has 0 aromatic heterocycles. The quantitative estimate of drug-likeness (QED) is 0.0917. The Morgan fingerprint density at radius 3 is 1.59 bits per heavy atom. The molecule has 4 aliphatic heterocycles. The third-order valence-electron chi connectivity index (χ3n) is 11.6. The topological polar surface area (TPSA) is 141 Å². The number of fused-ring (bicyclic) bond motifs is 4. The highest BCUT2D eigenvalue weighted by atomic mass is 16.5. The summed E-state index contributed by atoms with van der Waals surface area (Å²) in [5.41, 5.74) is 7.74. The van der Waals surface area contributed by atoms with Gasteiger partial charge in [0, 0.05) is 61.9 Å². The predicted molar refractivity (Wildman–Crippen MR) is 243 cm³/mol. The third kappa shape index (κ3) is 9.39. The van der Waals surface area contributed by atoms with Gasteiger partial charge in [-0.2, -0.15) is 0 Å². The van der Waals surface area contributed by atoms with Crippen LogP contribution in [0.3, 0.4) is 0 Å². The van der Waals surface area contributed by atoms with E-state index in [0.717, 1.165) is 48.1 Å². The fourth-order valence-electron chi connectivity index (χ4n) is 8.03. The van der Waals surface area contributed by atoms with E-state index < -0.39 is 5.97 Å². The maximum Gasteiger partial charge on any atom is 0.337 e. The summed E-state index contributed by atoms with van der Waals surface area (Å²) in [6.07, 6.45) is 11.0. The molecule has 0 saturated carbocycles. The molecule has 2 atom stereocenters. The molecule has 0 aliphatic carbocycles. The van der Waals surface area contributed by atoms with Gasteiger partial charge in [0.05, 0.1) is 74.7 Å². The summed E-state index contributed by atoms with van der Waals surface area (Å²) < 4.78 is 28.5. The zero-order valence-corrected chi connectivity index (χ0v) is 36.6. The van der Waals surface area contributed by atoms with E-state index in [1.165, 1.54) is 12.7 Å². The van der Waals surface area contributed by atoms with Gasteiger partial charge in [-0.25, -0.2) is 4.79 Å². The second kappa shape index (κ2) is 18.3. The highest BCUT2D eigenvalue weighted by Crippen LogP contribution is 2.42. The van der Waals surface area contributed by atoms with Crippen molar-refractivity contribution in [2.24, 2.45) is 9.98 Å². The molecule has 0 unspecified atom stereocenters. The van der Waals surface area contributed by atoms with Crippen LogP contribution in [0.2, 0.25) is 0 Å². The molecular formula is C50H53N5O8. The lowest BCUT2D eigenvalue weighted by Gasteiger charge is -2.20. The van der Waals surface area contributed by atoms with Gasteiger partial charge in [0.2, 0.25) is 0 Å². The van der Waals surface area contributed by atoms with E-state index in [-0.39, 0.29) is 29.4 Å². The largest absolute Gasteiger partial charge is 0.493 e. The molecule has 0 spiro atoms. The number of carbonyl (C=O) groups is 3. The van der Waals surface area contributed by atoms with Crippen LogP contribution in [0.5, 0.6) is 23.0 Å². The van der Waals surface area contributed by atoms with Crippen LogP contribution in [0.4, 0.5) is 11.4 Å². The van der Waals surface area contributed by atoms with E-state index in [2.05, 4.69) is 50.4 Å². The number of amides is 2. The number of benzene rings is 4. The zero-order chi connectivity index (χ0) is 44.3. The molecule has 4 aromatic rings. The minimum Gasteiger partial charge on any atom is -0.493 e. The second-order valence-corrected chi connectivity index (χ2v) is 17.0. The number of methoxy groups -OCH3 is 3. The average molecular weight is 852 g/mol. The molecule has 0 fully saturated rings. The second-order valence-electron chi connectivity index (χ2n) is 17.0. The van der Waals surface area contributed by atoms with Gasteiger partial charge in [-0.05, 0) is 92.1 Å². The van der Waals surface area contributed by atoms with E-state index in [1.54, 1.807) is 66.6 Å². The van der Waals surface area contributed by atoms with Gasteiger partial charge in [-0.15, -0.1) is 0 Å². The van der Waals surface area contributed by atoms with Crippen LogP contribution in [-0.4, -0.2) is 92.2 Å². The minimum atomic E-state index is -0.399. The summed E-state index contributed by atoms with van der Waals surface area (Å²) in [4.78, 5) is 52.5. The van der Waals surface area contributed by atoms with Gasteiger partial charge in [0.25, 0.3) is 11.8 Å². The molecule has 8 rings (SSSR count). The number of unbranched alkanes of at least 4 members (excludes halogenated alkanes) is 2. The van der Waals surface area contributed by atoms with Crippen molar-refractivity contribution >= 4 is 52.7 Å². The summed E-state index contributed by atoms with van der Waals surface area (Å²) in [7, 11) is 4.47. The predicted octanol–water partition coefficient (Wildman–Crippen LogP) is 8.95. The first-order chi connectivity index (χ1) is 30.4. The molecule has 4 aromatic carbocycles. The molecule has 326 valence electrons. The molecule has 2 amide bonds. The monoisotopic (exact) mass is 851 g/mol. The normalized spacial score (nSPS) is 17.5. The Balaban J connectivity index is 0.833. The van der Waals surface area contributed by atoms with E-state index in [9.17, 15) is 14.4 Å². The fraction of sp³-hybridized carbons (Fsp3) is 0.340. The number of rotatable bonds is 15. The Kier molecular flexibility index (Phi) is 12.5. The lowest BCUT2D eigenvalue weighted by molar-refractivity contribution is 0.0600. The fourth-order valence-corrected chi connectivity index (χ4v) is 8.03. The van der Waals surface area contributed by atoms with Crippen LogP contribution in [0.25, 0.3) is 11.1 Å². The van der Waals surface area contributed by atoms with E-state index >= 15 is 0 Å². The summed E-state index contributed by atoms with van der Waals surface area (Å²) in [6, 6.07) is 22.2. The van der Waals surface area contributed by atoms with E-state index in [1.807, 2.05) is 30.7 Å². The van der Waals surface area contributed by atoms with Crippen molar-refractivity contribution in [1.29, 1.82) is 0 Å². The van der Waals surface area contributed by atoms with Gasteiger partial charge in [-0.3, -0.25) is 19.6 Å². The van der Waals surface area contributed by atoms with Crippen molar-refractivity contribution in [3.05, 3.63) is 119 Å². The molecule has 0 bridgehead atoms. The first-order valence-electron chi connectivity index (χ1n) is 21.3. The van der Waals surface area contributed by atoms with Gasteiger partial charge in [0.15, 0.2) is 23.0 Å². The standard InChI is InChI=1S/C50H53N5O8/c1-50(2,3)53-26-31-10-12-32(13-11-31)35-20-37-27-51-41-24-45(43(59-4)22-39(41)47(56)54(37)29-35)62-18-8-7-9-19-63-46-25-42-40(23-44(46)60-5)48(57)55-30-36(21-38(55)28-52-42)33-14-16-34(17-15-33)49(58)61-6/h10-17,22-25,27-30,37-38,53H,7-9,18-21,26H2,1-6H3/t37-,38-/m0/s1. The average Bonchev–Trinajstić information content (AvgIpc) is 3.87. The number of carbonyl (C=O) groups excluding carboxylic acids is 3. The van der Waals surface area contributed by atoms with Crippen LogP contribution >= 0.6 is 0 Å². The summed E-state index contributed by atoms with van der Waals surface area (Å²) in [5.74, 6) is 1.25. The number of esters is 1. The first-order valence-corrected chi connectivity index (χ1v) is 21.3. The van der Waals surface area contributed by atoms with Crippen molar-refractivity contribution in [1.82, 2.24) is 15.1 Å². The summed E-state index contributed by atoms with van der Waals surface area (Å²) >= 11 is 0. The van der Waals surface area contributed by atoms with E-state index in [0.29, 0.717) is 77.1 Å². The SMILES string of the molecule is COC(=O)c1ccc(C2=CN3C(=O)c4cc(OC)c(OCCCCCOc5cc6c(cc5OC)C(=O)N5C=C(c7ccc(CNC(C)(C)C)cc7)C[C@H]5C=N6)cc4N=C[C@@H]3C2)cc1. The summed E-state index contributed by atoms with van der Waals surface area (Å²) in [6.45, 7) is 8.11. The van der Waals surface area contributed by atoms with Gasteiger partial charge < -0.3 is 38.8 Å². The zero-order valence-electron chi connectivity index (χ0n) is 36.6. The molecule has 13 nitrogen and oxygen atoms in total. The van der Waals surface area contributed by atoms with Crippen molar-refractivity contribution in [3.8, 4) is 23.0 Å². The Labute approximate surface area is 368 Å². The highest BCUT2D eigenvalue weighted by molar-refractivity contribution is 6.06. The number of hydrogen-bond donors (Lipinski definition) is 1. The van der Waals surface area contributed by atoms with Crippen LogP contribution in [0.15, 0.2) is 95.2 Å². The Hall–Kier alpha value is -6.73. The number of hydrogen-bond acceptors (Lipinski definition) is 11. The Morgan fingerprint density at radius 1 is 0.667 bits per heavy atom. The molecule has 4 heterocycles. The van der Waals surface area contributed by atoms with Crippen LogP contribution < -0.4 is 24.3 Å². The summed E-state index contributed by atoms with van der Waals surface area (Å²) in [5, 5.41) is 3.52. The van der Waals surface area contributed by atoms with Crippen LogP contribution in [0, 0.1) is 0 Å². The minimum absolute atomic E-state index is 0.0397. The molecule has 63 heavy (non-hydrogen) atoms. The molecule has 0 saturated heterocycles. The maximum atomic E-state index is 13.9. The molecule has 4 aliphatic rings. The maximum absolute atomic E-state index is 13.9. The number of nitrogens with zero attached hydrogens (tertiary/aromatic N) is 4. The van der Waals surface area contributed by atoms with Crippen molar-refractivity contribution in [2.45, 2.75) is 77.0 Å². The van der Waals surface area contributed by atoms with Crippen molar-refractivity contribution in [3.63, 3.8) is 0 Å². The van der Waals surface area contributed by atoms with Crippen molar-refractivity contribution in [2.75, 3.05) is 34.5 Å². The van der Waals surface area contributed by atoms with Crippen LogP contribution in [0.1, 0.15) is 101 Å². The highest BCUT2D eigenvalue weighted by Gasteiger charge is 2.35. The number of ether oxygens (including phenoxy) is 5. The van der Waals surface area contributed by atoms with Gasteiger partial charge in [-0.1, -0.05) is 36.4 Å². The smallest absolute Gasteiger partial charge is 0.337 e. The Bertz CT molecular complexity index is 2520. The van der Waals surface area contributed by atoms with Crippen molar-refractivity contribution < 1.29 is 38.1 Å². The number of nitrogens with one attached hydrogen (secondary N) is 1. The Morgan fingerprint density at radius 2 is 1.14 bits per heavy atom. The molecule has 0 radical (unpaired) electrons. The molecule has 1 N–H and O–H groups in total. The van der Waals surface area contributed by atoms with Gasteiger partial charge in [0.1, 0.15) is 0 Å².